The third-order valence-electron chi connectivity index (χ3n) is 2.48. The Balaban J connectivity index is 2.56. The van der Waals surface area contributed by atoms with Crippen molar-refractivity contribution < 1.29 is 8.78 Å². The van der Waals surface area contributed by atoms with Crippen LogP contribution in [0.25, 0.3) is 0 Å². The molecule has 0 bridgehead atoms. The van der Waals surface area contributed by atoms with Gasteiger partial charge in [-0.3, -0.25) is 0 Å². The van der Waals surface area contributed by atoms with Gasteiger partial charge >= 0.3 is 0 Å². The van der Waals surface area contributed by atoms with Gasteiger partial charge in [0, 0.05) is 27.1 Å². The van der Waals surface area contributed by atoms with Crippen LogP contribution in [0.2, 0.25) is 15.1 Å². The molecule has 1 unspecified atom stereocenters. The SMILES string of the molecule is NC1(c2c(Cl)cc(Cl)cc2Cl)CC1(F)F. The van der Waals surface area contributed by atoms with E-state index in [9.17, 15) is 8.78 Å². The van der Waals surface area contributed by atoms with E-state index < -0.39 is 17.9 Å². The van der Waals surface area contributed by atoms with Crippen LogP contribution in [0.4, 0.5) is 8.78 Å². The van der Waals surface area contributed by atoms with Crippen molar-refractivity contribution in [2.75, 3.05) is 0 Å². The largest absolute Gasteiger partial charge is 0.316 e. The first-order valence-corrected chi connectivity index (χ1v) is 5.23. The molecular formula is C9H6Cl3F2N. The third kappa shape index (κ3) is 1.62. The van der Waals surface area contributed by atoms with Gasteiger partial charge in [-0.15, -0.1) is 0 Å². The average Bonchev–Trinajstić information content (AvgIpc) is 2.47. The van der Waals surface area contributed by atoms with E-state index in [1.54, 1.807) is 0 Å². The van der Waals surface area contributed by atoms with Crippen LogP contribution in [0, 0.1) is 0 Å². The van der Waals surface area contributed by atoms with Gasteiger partial charge in [0.15, 0.2) is 0 Å². The minimum Gasteiger partial charge on any atom is -0.316 e. The molecule has 15 heavy (non-hydrogen) atoms. The summed E-state index contributed by atoms with van der Waals surface area (Å²) in [5.41, 5.74) is 3.86. The zero-order valence-electron chi connectivity index (χ0n) is 7.33. The first-order valence-electron chi connectivity index (χ1n) is 4.10. The van der Waals surface area contributed by atoms with Gasteiger partial charge in [0.2, 0.25) is 0 Å². The second-order valence-electron chi connectivity index (χ2n) is 3.60. The summed E-state index contributed by atoms with van der Waals surface area (Å²) in [6.07, 6.45) is -0.443. The summed E-state index contributed by atoms with van der Waals surface area (Å²) < 4.78 is 26.1. The molecule has 1 aromatic rings. The predicted octanol–water partition coefficient (Wildman–Crippen LogP) is 3.84. The highest BCUT2D eigenvalue weighted by molar-refractivity contribution is 6.39. The maximum Gasteiger partial charge on any atom is 0.272 e. The molecule has 6 heteroatoms. The molecular weight excluding hydrogens is 266 g/mol. The summed E-state index contributed by atoms with van der Waals surface area (Å²) in [7, 11) is 0. The molecule has 2 N–H and O–H groups in total. The molecule has 1 aliphatic rings. The Morgan fingerprint density at radius 3 is 1.87 bits per heavy atom. The fourth-order valence-corrected chi connectivity index (χ4v) is 2.70. The van der Waals surface area contributed by atoms with Crippen LogP contribution in [0.15, 0.2) is 12.1 Å². The van der Waals surface area contributed by atoms with Crippen LogP contribution in [-0.2, 0) is 5.54 Å². The molecule has 2 rings (SSSR count). The van der Waals surface area contributed by atoms with Gasteiger partial charge in [-0.1, -0.05) is 34.8 Å². The second-order valence-corrected chi connectivity index (χ2v) is 4.85. The summed E-state index contributed by atoms with van der Waals surface area (Å²) in [6, 6.07) is 2.71. The molecule has 0 radical (unpaired) electrons. The monoisotopic (exact) mass is 271 g/mol. The number of halogens is 5. The van der Waals surface area contributed by atoms with E-state index >= 15 is 0 Å². The second kappa shape index (κ2) is 3.20. The first kappa shape index (κ1) is 11.4. The minimum absolute atomic E-state index is 0.0697. The maximum absolute atomic E-state index is 13.1. The number of hydrogen-bond acceptors (Lipinski definition) is 1. The molecule has 0 aliphatic heterocycles. The van der Waals surface area contributed by atoms with Gasteiger partial charge in [0.25, 0.3) is 5.92 Å². The molecule has 1 fully saturated rings. The molecule has 0 amide bonds. The molecule has 0 heterocycles. The lowest BCUT2D eigenvalue weighted by Gasteiger charge is -2.15. The Labute approximate surface area is 100 Å². The van der Waals surface area contributed by atoms with Gasteiger partial charge < -0.3 is 5.73 Å². The van der Waals surface area contributed by atoms with Crippen molar-refractivity contribution >= 4 is 34.8 Å². The average molecular weight is 273 g/mol. The summed E-state index contributed by atoms with van der Waals surface area (Å²) >= 11 is 17.3. The van der Waals surface area contributed by atoms with E-state index in [-0.39, 0.29) is 15.6 Å². The van der Waals surface area contributed by atoms with Crippen LogP contribution < -0.4 is 5.73 Å². The summed E-state index contributed by atoms with van der Waals surface area (Å²) in [5, 5.41) is 0.445. The van der Waals surface area contributed by atoms with E-state index in [0.29, 0.717) is 5.02 Å². The number of nitrogens with two attached hydrogens (primary N) is 1. The number of benzene rings is 1. The normalized spacial score (nSPS) is 27.9. The third-order valence-corrected chi connectivity index (χ3v) is 3.30. The Bertz CT molecular complexity index is 412. The first-order chi connectivity index (χ1) is 6.78. The van der Waals surface area contributed by atoms with E-state index in [4.69, 9.17) is 40.5 Å². The molecule has 0 spiro atoms. The lowest BCUT2D eigenvalue weighted by atomic mass is 10.1. The summed E-state index contributed by atoms with van der Waals surface area (Å²) in [4.78, 5) is 0. The van der Waals surface area contributed by atoms with Gasteiger partial charge in [0.05, 0.1) is 0 Å². The van der Waals surface area contributed by atoms with Crippen LogP contribution in [0.3, 0.4) is 0 Å². The summed E-state index contributed by atoms with van der Waals surface area (Å²) in [6.45, 7) is 0. The minimum atomic E-state index is -2.95. The van der Waals surface area contributed by atoms with Crippen molar-refractivity contribution in [3.05, 3.63) is 32.8 Å². The highest BCUT2D eigenvalue weighted by atomic mass is 35.5. The highest BCUT2D eigenvalue weighted by Crippen LogP contribution is 2.60. The van der Waals surface area contributed by atoms with Gasteiger partial charge in [-0.05, 0) is 12.1 Å². The van der Waals surface area contributed by atoms with Crippen molar-refractivity contribution in [3.8, 4) is 0 Å². The Morgan fingerprint density at radius 2 is 1.53 bits per heavy atom. The highest BCUT2D eigenvalue weighted by Gasteiger charge is 2.71. The fourth-order valence-electron chi connectivity index (χ4n) is 1.55. The lowest BCUT2D eigenvalue weighted by Crippen LogP contribution is -2.28. The number of hydrogen-bond donors (Lipinski definition) is 1. The molecule has 0 saturated heterocycles. The predicted molar refractivity (Wildman–Crippen MR) is 56.9 cm³/mol. The smallest absolute Gasteiger partial charge is 0.272 e. The molecule has 1 saturated carbocycles. The van der Waals surface area contributed by atoms with Crippen molar-refractivity contribution in [2.24, 2.45) is 5.73 Å². The lowest BCUT2D eigenvalue weighted by molar-refractivity contribution is 0.0891. The van der Waals surface area contributed by atoms with Crippen LogP contribution in [0.1, 0.15) is 12.0 Å². The van der Waals surface area contributed by atoms with Crippen molar-refractivity contribution in [1.29, 1.82) is 0 Å². The quantitative estimate of drug-likeness (QED) is 0.826. The van der Waals surface area contributed by atoms with Crippen molar-refractivity contribution in [3.63, 3.8) is 0 Å². The van der Waals surface area contributed by atoms with Crippen LogP contribution in [0.5, 0.6) is 0 Å². The Morgan fingerprint density at radius 1 is 1.13 bits per heavy atom. The van der Waals surface area contributed by atoms with E-state index in [0.717, 1.165) is 0 Å². The van der Waals surface area contributed by atoms with E-state index in [2.05, 4.69) is 0 Å². The topological polar surface area (TPSA) is 26.0 Å². The van der Waals surface area contributed by atoms with Crippen LogP contribution >= 0.6 is 34.8 Å². The van der Waals surface area contributed by atoms with E-state index in [1.165, 1.54) is 12.1 Å². The van der Waals surface area contributed by atoms with Crippen molar-refractivity contribution in [2.45, 2.75) is 17.9 Å². The molecule has 0 aromatic heterocycles. The number of rotatable bonds is 1. The zero-order chi connectivity index (χ0) is 11.4. The van der Waals surface area contributed by atoms with Gasteiger partial charge in [-0.25, -0.2) is 8.78 Å². The van der Waals surface area contributed by atoms with E-state index in [1.807, 2.05) is 0 Å². The standard InChI is InChI=1S/C9H6Cl3F2N/c10-4-1-5(11)7(6(12)2-4)8(15)3-9(8,13)14/h1-2H,3,15H2. The van der Waals surface area contributed by atoms with Crippen LogP contribution in [-0.4, -0.2) is 5.92 Å². The number of alkyl halides is 2. The Kier molecular flexibility index (Phi) is 2.43. The molecule has 1 aliphatic carbocycles. The molecule has 1 nitrogen and oxygen atoms in total. The molecule has 1 atom stereocenters. The summed E-state index contributed by atoms with van der Waals surface area (Å²) in [5.74, 6) is -2.95. The van der Waals surface area contributed by atoms with Crippen molar-refractivity contribution in [1.82, 2.24) is 0 Å². The van der Waals surface area contributed by atoms with Gasteiger partial charge in [-0.2, -0.15) is 0 Å². The molecule has 82 valence electrons. The zero-order valence-corrected chi connectivity index (χ0v) is 9.60. The maximum atomic E-state index is 13.1. The van der Waals surface area contributed by atoms with Gasteiger partial charge in [0.1, 0.15) is 5.54 Å². The fraction of sp³-hybridized carbons (Fsp3) is 0.333. The molecule has 1 aromatic carbocycles. The Hall–Kier alpha value is -0.0900.